The van der Waals surface area contributed by atoms with E-state index in [0.717, 1.165) is 36.2 Å². The topological polar surface area (TPSA) is 41.1 Å². The van der Waals surface area contributed by atoms with Gasteiger partial charge in [-0.2, -0.15) is 0 Å². The van der Waals surface area contributed by atoms with Gasteiger partial charge in [0.2, 0.25) is 0 Å². The van der Waals surface area contributed by atoms with Gasteiger partial charge in [-0.3, -0.25) is 0 Å². The van der Waals surface area contributed by atoms with Crippen molar-refractivity contribution in [2.75, 3.05) is 23.3 Å². The van der Waals surface area contributed by atoms with Crippen molar-refractivity contribution in [1.29, 1.82) is 0 Å². The summed E-state index contributed by atoms with van der Waals surface area (Å²) in [6.07, 6.45) is 3.72. The number of rotatable bonds is 3. The highest BCUT2D eigenvalue weighted by Crippen LogP contribution is 2.29. The number of nitrogens with zero attached hydrogens (tertiary/aromatic N) is 3. The van der Waals surface area contributed by atoms with Gasteiger partial charge in [-0.15, -0.1) is 0 Å². The van der Waals surface area contributed by atoms with Gasteiger partial charge in [0, 0.05) is 24.2 Å². The zero-order valence-corrected chi connectivity index (χ0v) is 14.0. The summed E-state index contributed by atoms with van der Waals surface area (Å²) in [5, 5.41) is 4.48. The molecule has 0 amide bonds. The summed E-state index contributed by atoms with van der Waals surface area (Å²) in [5.74, 6) is 2.44. The highest BCUT2D eigenvalue weighted by atomic mass is 35.5. The van der Waals surface area contributed by atoms with Crippen molar-refractivity contribution in [1.82, 2.24) is 9.97 Å². The molecule has 3 rings (SSSR count). The fourth-order valence-electron chi connectivity index (χ4n) is 2.63. The largest absolute Gasteiger partial charge is 0.356 e. The fraction of sp³-hybridized carbons (Fsp3) is 0.375. The number of hydrogen-bond donors (Lipinski definition) is 1. The number of nitrogens with one attached hydrogen (secondary N) is 1. The van der Waals surface area contributed by atoms with E-state index in [4.69, 9.17) is 23.2 Å². The molecule has 4 nitrogen and oxygen atoms in total. The van der Waals surface area contributed by atoms with Crippen LogP contribution in [0.4, 0.5) is 17.3 Å². The van der Waals surface area contributed by atoms with Crippen LogP contribution in [0.2, 0.25) is 10.0 Å². The van der Waals surface area contributed by atoms with Crippen LogP contribution in [0.1, 0.15) is 25.1 Å². The first-order chi connectivity index (χ1) is 10.6. The first-order valence-electron chi connectivity index (χ1n) is 7.44. The molecule has 1 aliphatic rings. The van der Waals surface area contributed by atoms with Crippen molar-refractivity contribution in [3.05, 3.63) is 40.1 Å². The lowest BCUT2D eigenvalue weighted by Crippen LogP contribution is -2.30. The maximum absolute atomic E-state index is 6.20. The maximum atomic E-state index is 6.20. The Hall–Kier alpha value is -1.52. The van der Waals surface area contributed by atoms with Crippen LogP contribution in [0.15, 0.2) is 24.3 Å². The molecule has 1 aliphatic heterocycles. The average molecular weight is 337 g/mol. The van der Waals surface area contributed by atoms with Crippen molar-refractivity contribution in [3.63, 3.8) is 0 Å². The van der Waals surface area contributed by atoms with Crippen LogP contribution in [-0.2, 0) is 0 Å². The van der Waals surface area contributed by atoms with E-state index in [0.29, 0.717) is 10.0 Å². The van der Waals surface area contributed by atoms with E-state index in [1.54, 1.807) is 18.2 Å². The van der Waals surface area contributed by atoms with E-state index in [-0.39, 0.29) is 0 Å². The van der Waals surface area contributed by atoms with Crippen LogP contribution in [0, 0.1) is 6.92 Å². The van der Waals surface area contributed by atoms with Crippen molar-refractivity contribution in [2.45, 2.75) is 26.2 Å². The van der Waals surface area contributed by atoms with Crippen molar-refractivity contribution in [3.8, 4) is 0 Å². The second kappa shape index (κ2) is 6.71. The van der Waals surface area contributed by atoms with E-state index in [2.05, 4.69) is 20.2 Å². The van der Waals surface area contributed by atoms with Gasteiger partial charge in [0.15, 0.2) is 0 Å². The normalized spacial score (nSPS) is 15.0. The SMILES string of the molecule is Cc1nc(Nc2cc(Cl)ccc2Cl)cc(N2CCCCC2)n1. The van der Waals surface area contributed by atoms with Crippen molar-refractivity contribution in [2.24, 2.45) is 0 Å². The summed E-state index contributed by atoms with van der Waals surface area (Å²) in [4.78, 5) is 11.3. The summed E-state index contributed by atoms with van der Waals surface area (Å²) in [7, 11) is 0. The number of piperidine rings is 1. The lowest BCUT2D eigenvalue weighted by atomic mass is 10.1. The molecule has 116 valence electrons. The molecule has 6 heteroatoms. The van der Waals surface area contributed by atoms with Crippen LogP contribution < -0.4 is 10.2 Å². The lowest BCUT2D eigenvalue weighted by molar-refractivity contribution is 0.572. The summed E-state index contributed by atoms with van der Waals surface area (Å²) in [6.45, 7) is 4.00. The molecule has 2 aromatic rings. The zero-order chi connectivity index (χ0) is 15.5. The minimum atomic E-state index is 0.611. The predicted molar refractivity (Wildman–Crippen MR) is 92.6 cm³/mol. The van der Waals surface area contributed by atoms with Crippen LogP contribution >= 0.6 is 23.2 Å². The molecule has 1 aromatic heterocycles. The van der Waals surface area contributed by atoms with Crippen LogP contribution in [0.5, 0.6) is 0 Å². The molecule has 2 heterocycles. The minimum absolute atomic E-state index is 0.611. The number of anilines is 3. The molecule has 0 bridgehead atoms. The molecule has 0 radical (unpaired) electrons. The number of aromatic nitrogens is 2. The van der Waals surface area contributed by atoms with Crippen LogP contribution in [0.25, 0.3) is 0 Å². The highest BCUT2D eigenvalue weighted by molar-refractivity contribution is 6.35. The van der Waals surface area contributed by atoms with E-state index in [1.165, 1.54) is 19.3 Å². The third-order valence-electron chi connectivity index (χ3n) is 3.70. The van der Waals surface area contributed by atoms with Gasteiger partial charge < -0.3 is 10.2 Å². The molecular weight excluding hydrogens is 319 g/mol. The first-order valence-corrected chi connectivity index (χ1v) is 8.20. The maximum Gasteiger partial charge on any atom is 0.136 e. The Labute approximate surface area is 140 Å². The molecule has 0 unspecified atom stereocenters. The monoisotopic (exact) mass is 336 g/mol. The van der Waals surface area contributed by atoms with Gasteiger partial charge in [0.05, 0.1) is 10.7 Å². The quantitative estimate of drug-likeness (QED) is 0.871. The fourth-order valence-corrected chi connectivity index (χ4v) is 2.97. The Kier molecular flexibility index (Phi) is 4.69. The second-order valence-corrected chi connectivity index (χ2v) is 6.30. The van der Waals surface area contributed by atoms with Gasteiger partial charge in [-0.25, -0.2) is 9.97 Å². The molecule has 1 saturated heterocycles. The molecular formula is C16H18Cl2N4. The molecule has 0 atom stereocenters. The Morgan fingerprint density at radius 2 is 1.82 bits per heavy atom. The molecule has 1 fully saturated rings. The third-order valence-corrected chi connectivity index (χ3v) is 4.26. The van der Waals surface area contributed by atoms with Gasteiger partial charge in [-0.05, 0) is 44.4 Å². The van der Waals surface area contributed by atoms with Crippen molar-refractivity contribution < 1.29 is 0 Å². The van der Waals surface area contributed by atoms with Crippen molar-refractivity contribution >= 4 is 40.5 Å². The van der Waals surface area contributed by atoms with E-state index >= 15 is 0 Å². The molecule has 0 saturated carbocycles. The van der Waals surface area contributed by atoms with Crippen LogP contribution in [-0.4, -0.2) is 23.1 Å². The number of hydrogen-bond acceptors (Lipinski definition) is 4. The summed E-state index contributed by atoms with van der Waals surface area (Å²) in [5.41, 5.74) is 0.747. The van der Waals surface area contributed by atoms with Gasteiger partial charge >= 0.3 is 0 Å². The van der Waals surface area contributed by atoms with E-state index < -0.39 is 0 Å². The Bertz CT molecular complexity index is 669. The Morgan fingerprint density at radius 3 is 2.59 bits per heavy atom. The smallest absolute Gasteiger partial charge is 0.136 e. The first kappa shape index (κ1) is 15.4. The van der Waals surface area contributed by atoms with E-state index in [1.807, 2.05) is 13.0 Å². The molecule has 1 N–H and O–H groups in total. The number of aryl methyl sites for hydroxylation is 1. The molecule has 1 aromatic carbocycles. The molecule has 0 spiro atoms. The highest BCUT2D eigenvalue weighted by Gasteiger charge is 2.14. The predicted octanol–water partition coefficient (Wildman–Crippen LogP) is 4.83. The Balaban J connectivity index is 1.87. The lowest BCUT2D eigenvalue weighted by Gasteiger charge is -2.28. The summed E-state index contributed by atoms with van der Waals surface area (Å²) >= 11 is 12.2. The Morgan fingerprint density at radius 1 is 1.05 bits per heavy atom. The third kappa shape index (κ3) is 3.62. The van der Waals surface area contributed by atoms with Crippen LogP contribution in [0.3, 0.4) is 0 Å². The van der Waals surface area contributed by atoms with E-state index in [9.17, 15) is 0 Å². The molecule has 22 heavy (non-hydrogen) atoms. The van der Waals surface area contributed by atoms with Gasteiger partial charge in [-0.1, -0.05) is 23.2 Å². The average Bonchev–Trinajstić information content (AvgIpc) is 2.51. The second-order valence-electron chi connectivity index (χ2n) is 5.46. The standard InChI is InChI=1S/C16H18Cl2N4/c1-11-19-15(21-14-9-12(17)5-6-13(14)18)10-16(20-11)22-7-3-2-4-8-22/h5-6,9-10H,2-4,7-8H2,1H3,(H,19,20,21). The van der Waals surface area contributed by atoms with Gasteiger partial charge in [0.1, 0.15) is 17.5 Å². The van der Waals surface area contributed by atoms with Gasteiger partial charge in [0.25, 0.3) is 0 Å². The minimum Gasteiger partial charge on any atom is -0.356 e. The number of halogens is 2. The summed E-state index contributed by atoms with van der Waals surface area (Å²) < 4.78 is 0. The zero-order valence-electron chi connectivity index (χ0n) is 12.4. The molecule has 0 aliphatic carbocycles. The number of benzene rings is 1. The summed E-state index contributed by atoms with van der Waals surface area (Å²) in [6, 6.07) is 7.29.